The second-order valence-corrected chi connectivity index (χ2v) is 8.38. The van der Waals surface area contributed by atoms with Gasteiger partial charge in [-0.2, -0.15) is 0 Å². The van der Waals surface area contributed by atoms with Gasteiger partial charge in [0.15, 0.2) is 11.5 Å². The number of aromatic nitrogens is 1. The monoisotopic (exact) mass is 514 g/mol. The first-order valence-electron chi connectivity index (χ1n) is 11.7. The third-order valence-electron chi connectivity index (χ3n) is 5.56. The number of phenols is 2. The van der Waals surface area contributed by atoms with Crippen LogP contribution in [0.3, 0.4) is 0 Å². The van der Waals surface area contributed by atoms with Gasteiger partial charge >= 0.3 is 5.97 Å². The highest BCUT2D eigenvalue weighted by Crippen LogP contribution is 2.43. The molecule has 0 unspecified atom stereocenters. The summed E-state index contributed by atoms with van der Waals surface area (Å²) in [6.45, 7) is 7.11. The van der Waals surface area contributed by atoms with Gasteiger partial charge in [-0.1, -0.05) is 43.3 Å². The second kappa shape index (κ2) is 14.0. The first-order valence-corrected chi connectivity index (χ1v) is 11.7. The number of rotatable bonds is 10. The molecule has 0 aliphatic carbocycles. The maximum atomic E-state index is 12.7. The number of nitrogens with zero attached hydrogens (tertiary/aromatic N) is 1. The van der Waals surface area contributed by atoms with Crippen molar-refractivity contribution in [3.8, 4) is 33.9 Å². The maximum absolute atomic E-state index is 12.7. The van der Waals surface area contributed by atoms with E-state index in [1.165, 1.54) is 13.2 Å². The van der Waals surface area contributed by atoms with E-state index in [0.29, 0.717) is 41.9 Å². The third kappa shape index (κ3) is 7.29. The first kappa shape index (κ1) is 29.3. The summed E-state index contributed by atoms with van der Waals surface area (Å²) in [7, 11) is 1.36. The molecule has 0 bridgehead atoms. The van der Waals surface area contributed by atoms with Crippen molar-refractivity contribution in [3.63, 3.8) is 0 Å². The number of esters is 1. The number of methoxy groups -OCH3 is 1. The maximum Gasteiger partial charge on any atom is 0.306 e. The van der Waals surface area contributed by atoms with Crippen molar-refractivity contribution < 1.29 is 34.3 Å². The fourth-order valence-electron chi connectivity index (χ4n) is 3.69. The fraction of sp³-hybridized carbons (Fsp3) is 0.346. The minimum atomic E-state index is -0.395. The first-order chi connectivity index (χ1) is 17.8. The van der Waals surface area contributed by atoms with Crippen LogP contribution in [0.4, 0.5) is 0 Å². The number of aromatic hydroxyl groups is 2. The standard InChI is InChI=1S/C26H31N3O6.H3NO/c1-5-28-26(33)24-23(17-8-6-16(7-9-17)14-27-11-10-22(32)34-4)25(35-29-24)19-12-18(15(2)3)20(30)13-21(19)31;1-2/h6-9,12-13,15,27,30-31H,5,10-11,14H2,1-4H3,(H,28,33);2H,1H2. The molecule has 1 heterocycles. The summed E-state index contributed by atoms with van der Waals surface area (Å²) in [5.41, 5.74) is 3.16. The van der Waals surface area contributed by atoms with Crippen molar-refractivity contribution in [3.05, 3.63) is 53.2 Å². The van der Waals surface area contributed by atoms with Crippen molar-refractivity contribution in [1.29, 1.82) is 0 Å². The smallest absolute Gasteiger partial charge is 0.306 e. The zero-order chi connectivity index (χ0) is 27.5. The van der Waals surface area contributed by atoms with Crippen molar-refractivity contribution in [2.75, 3.05) is 20.2 Å². The molecule has 1 amide bonds. The van der Waals surface area contributed by atoms with Crippen LogP contribution in [0.1, 0.15) is 54.7 Å². The molecule has 200 valence electrons. The minimum Gasteiger partial charge on any atom is -0.508 e. The Morgan fingerprint density at radius 3 is 2.38 bits per heavy atom. The Labute approximate surface area is 215 Å². The van der Waals surface area contributed by atoms with Crippen LogP contribution in [0.25, 0.3) is 22.5 Å². The molecule has 0 spiro atoms. The largest absolute Gasteiger partial charge is 0.508 e. The van der Waals surface area contributed by atoms with Crippen LogP contribution in [0, 0.1) is 0 Å². The highest BCUT2D eigenvalue weighted by Gasteiger charge is 2.27. The van der Waals surface area contributed by atoms with Crippen LogP contribution in [-0.4, -0.2) is 52.7 Å². The SMILES string of the molecule is CCNC(=O)c1noc(-c2cc(C(C)C)c(O)cc2O)c1-c1ccc(CNCCC(=O)OC)cc1.NO. The third-order valence-corrected chi connectivity index (χ3v) is 5.56. The summed E-state index contributed by atoms with van der Waals surface area (Å²) in [5.74, 6) is 2.86. The van der Waals surface area contributed by atoms with Gasteiger partial charge in [0.1, 0.15) is 11.5 Å². The molecule has 0 aliphatic heterocycles. The Kier molecular flexibility index (Phi) is 11.1. The molecule has 11 nitrogen and oxygen atoms in total. The van der Waals surface area contributed by atoms with E-state index in [9.17, 15) is 19.8 Å². The van der Waals surface area contributed by atoms with Crippen LogP contribution in [0.15, 0.2) is 40.9 Å². The number of nitrogens with two attached hydrogens (primary N) is 1. The van der Waals surface area contributed by atoms with Crippen molar-refractivity contribution >= 4 is 11.9 Å². The van der Waals surface area contributed by atoms with Crippen molar-refractivity contribution in [1.82, 2.24) is 15.8 Å². The van der Waals surface area contributed by atoms with E-state index in [-0.39, 0.29) is 41.3 Å². The number of carbonyl (C=O) groups excluding carboxylic acids is 2. The molecule has 37 heavy (non-hydrogen) atoms. The van der Waals surface area contributed by atoms with Crippen LogP contribution < -0.4 is 16.5 Å². The molecular formula is C26H34N4O7. The van der Waals surface area contributed by atoms with Gasteiger partial charge in [-0.25, -0.2) is 5.90 Å². The van der Waals surface area contributed by atoms with Gasteiger partial charge in [0.2, 0.25) is 0 Å². The van der Waals surface area contributed by atoms with E-state index in [1.807, 2.05) is 38.1 Å². The summed E-state index contributed by atoms with van der Waals surface area (Å²) in [6, 6.07) is 10.4. The van der Waals surface area contributed by atoms with E-state index < -0.39 is 5.91 Å². The molecule has 3 rings (SSSR count). The Morgan fingerprint density at radius 1 is 1.11 bits per heavy atom. The Morgan fingerprint density at radius 2 is 1.78 bits per heavy atom. The predicted molar refractivity (Wildman–Crippen MR) is 137 cm³/mol. The quantitative estimate of drug-likeness (QED) is 0.133. The van der Waals surface area contributed by atoms with E-state index >= 15 is 0 Å². The highest BCUT2D eigenvalue weighted by molar-refractivity contribution is 6.02. The molecule has 7 N–H and O–H groups in total. The number of ether oxygens (including phenoxy) is 1. The van der Waals surface area contributed by atoms with Crippen LogP contribution in [0.5, 0.6) is 11.5 Å². The Bertz CT molecular complexity index is 1190. The summed E-state index contributed by atoms with van der Waals surface area (Å²) in [4.78, 5) is 24.0. The number of phenolic OH excluding ortho intramolecular Hbond substituents is 2. The summed E-state index contributed by atoms with van der Waals surface area (Å²) < 4.78 is 10.2. The summed E-state index contributed by atoms with van der Waals surface area (Å²) >= 11 is 0. The Hall–Kier alpha value is -3.93. The zero-order valence-corrected chi connectivity index (χ0v) is 21.4. The van der Waals surface area contributed by atoms with Gasteiger partial charge in [0.05, 0.1) is 24.7 Å². The lowest BCUT2D eigenvalue weighted by Crippen LogP contribution is -2.23. The van der Waals surface area contributed by atoms with Crippen molar-refractivity contribution in [2.24, 2.45) is 5.90 Å². The number of hydrogen-bond donors (Lipinski definition) is 6. The van der Waals surface area contributed by atoms with Crippen LogP contribution in [0.2, 0.25) is 0 Å². The molecule has 0 atom stereocenters. The number of benzene rings is 2. The molecule has 0 saturated carbocycles. The van der Waals surface area contributed by atoms with Gasteiger partial charge in [-0.15, -0.1) is 0 Å². The van der Waals surface area contributed by atoms with Gasteiger partial charge in [-0.05, 0) is 35.6 Å². The molecule has 1 aromatic heterocycles. The predicted octanol–water partition coefficient (Wildman–Crippen LogP) is 3.28. The number of hydrogen-bond acceptors (Lipinski definition) is 10. The average molecular weight is 515 g/mol. The lowest BCUT2D eigenvalue weighted by molar-refractivity contribution is -0.140. The number of amides is 1. The number of carbonyl (C=O) groups is 2. The second-order valence-electron chi connectivity index (χ2n) is 8.38. The molecule has 0 saturated heterocycles. The van der Waals surface area contributed by atoms with Gasteiger partial charge in [0, 0.05) is 25.7 Å². The topological polar surface area (TPSA) is 180 Å². The van der Waals surface area contributed by atoms with E-state index in [2.05, 4.69) is 26.4 Å². The molecule has 0 aliphatic rings. The molecule has 0 radical (unpaired) electrons. The van der Waals surface area contributed by atoms with E-state index in [1.54, 1.807) is 13.0 Å². The van der Waals surface area contributed by atoms with Gasteiger partial charge in [0.25, 0.3) is 5.91 Å². The average Bonchev–Trinajstić information content (AvgIpc) is 3.33. The summed E-state index contributed by atoms with van der Waals surface area (Å²) in [5, 5.41) is 37.3. The zero-order valence-electron chi connectivity index (χ0n) is 21.4. The van der Waals surface area contributed by atoms with Crippen molar-refractivity contribution in [2.45, 2.75) is 39.7 Å². The molecule has 0 fully saturated rings. The van der Waals surface area contributed by atoms with E-state index in [0.717, 1.165) is 5.56 Å². The van der Waals surface area contributed by atoms with E-state index in [4.69, 9.17) is 9.73 Å². The molecule has 11 heteroatoms. The molecule has 2 aromatic carbocycles. The highest BCUT2D eigenvalue weighted by atomic mass is 16.5. The lowest BCUT2D eigenvalue weighted by Gasteiger charge is -2.12. The van der Waals surface area contributed by atoms with Gasteiger partial charge in [-0.3, -0.25) is 9.59 Å². The summed E-state index contributed by atoms with van der Waals surface area (Å²) in [6.07, 6.45) is 0.281. The Balaban J connectivity index is 0.00000235. The number of nitrogens with one attached hydrogen (secondary N) is 2. The van der Waals surface area contributed by atoms with Crippen LogP contribution in [-0.2, 0) is 16.1 Å². The minimum absolute atomic E-state index is 0.00505. The fourth-order valence-corrected chi connectivity index (χ4v) is 3.69. The lowest BCUT2D eigenvalue weighted by atomic mass is 9.94. The van der Waals surface area contributed by atoms with Gasteiger partial charge < -0.3 is 35.3 Å². The van der Waals surface area contributed by atoms with Crippen LogP contribution >= 0.6 is 0 Å². The molecular weight excluding hydrogens is 480 g/mol. The normalized spacial score (nSPS) is 10.6. The molecule has 3 aromatic rings.